The fourth-order valence-corrected chi connectivity index (χ4v) is 4.16. The largest absolute Gasteiger partial charge is 0.372 e. The highest BCUT2D eigenvalue weighted by atomic mass is 16.2. The minimum atomic E-state index is -0.0966. The van der Waals surface area contributed by atoms with Crippen molar-refractivity contribution in [1.29, 1.82) is 0 Å². The van der Waals surface area contributed by atoms with Gasteiger partial charge < -0.3 is 15.5 Å². The molecule has 1 atom stereocenters. The molecule has 2 heterocycles. The molecule has 7 heteroatoms. The van der Waals surface area contributed by atoms with Gasteiger partial charge in [-0.25, -0.2) is 0 Å². The number of amides is 2. The van der Waals surface area contributed by atoms with Crippen LogP contribution in [0.4, 0.5) is 11.4 Å². The minimum Gasteiger partial charge on any atom is -0.372 e. The van der Waals surface area contributed by atoms with Crippen molar-refractivity contribution in [3.8, 4) is 0 Å². The number of carbonyl (C=O) groups is 2. The quantitative estimate of drug-likeness (QED) is 0.728. The van der Waals surface area contributed by atoms with Crippen LogP contribution in [0.5, 0.6) is 0 Å². The van der Waals surface area contributed by atoms with Gasteiger partial charge in [-0.05, 0) is 56.9 Å². The van der Waals surface area contributed by atoms with Crippen LogP contribution in [0, 0.1) is 0 Å². The summed E-state index contributed by atoms with van der Waals surface area (Å²) in [6.45, 7) is 7.87. The molecule has 0 bridgehead atoms. The van der Waals surface area contributed by atoms with Crippen LogP contribution in [0.1, 0.15) is 32.6 Å². The molecule has 1 aromatic carbocycles. The van der Waals surface area contributed by atoms with E-state index in [4.69, 9.17) is 0 Å². The molecule has 7 nitrogen and oxygen atoms in total. The molecule has 4 rings (SSSR count). The summed E-state index contributed by atoms with van der Waals surface area (Å²) >= 11 is 0. The predicted molar refractivity (Wildman–Crippen MR) is 115 cm³/mol. The first-order valence-corrected chi connectivity index (χ1v) is 11.0. The summed E-state index contributed by atoms with van der Waals surface area (Å²) in [5, 5.41) is 6.09. The summed E-state index contributed by atoms with van der Waals surface area (Å²) in [6, 6.07) is 8.47. The Morgan fingerprint density at radius 3 is 2.28 bits per heavy atom. The van der Waals surface area contributed by atoms with Crippen LogP contribution >= 0.6 is 0 Å². The van der Waals surface area contributed by atoms with E-state index in [0.717, 1.165) is 57.8 Å². The van der Waals surface area contributed by atoms with Crippen molar-refractivity contribution in [3.05, 3.63) is 24.3 Å². The van der Waals surface area contributed by atoms with Crippen LogP contribution in [0.2, 0.25) is 0 Å². The molecule has 2 aliphatic heterocycles. The van der Waals surface area contributed by atoms with Crippen molar-refractivity contribution in [1.82, 2.24) is 15.1 Å². The SMILES string of the molecule is C[C@@H](C(=O)NC1CC1)N1CCN(CC(=O)Nc2ccc(N3CCCC3)cc2)CC1. The molecule has 0 unspecified atom stereocenters. The second kappa shape index (κ2) is 9.13. The molecular weight excluding hydrogens is 366 g/mol. The van der Waals surface area contributed by atoms with Gasteiger partial charge in [-0.2, -0.15) is 0 Å². The summed E-state index contributed by atoms with van der Waals surface area (Å²) < 4.78 is 0. The van der Waals surface area contributed by atoms with Crippen LogP contribution in [0.3, 0.4) is 0 Å². The van der Waals surface area contributed by atoms with Gasteiger partial charge in [0.25, 0.3) is 0 Å². The fourth-order valence-electron chi connectivity index (χ4n) is 4.16. The van der Waals surface area contributed by atoms with Gasteiger partial charge in [0.05, 0.1) is 12.6 Å². The number of hydrogen-bond donors (Lipinski definition) is 2. The van der Waals surface area contributed by atoms with Gasteiger partial charge in [0, 0.05) is 56.7 Å². The van der Waals surface area contributed by atoms with Crippen molar-refractivity contribution < 1.29 is 9.59 Å². The van der Waals surface area contributed by atoms with E-state index in [-0.39, 0.29) is 17.9 Å². The third-order valence-corrected chi connectivity index (χ3v) is 6.25. The topological polar surface area (TPSA) is 67.9 Å². The smallest absolute Gasteiger partial charge is 0.238 e. The van der Waals surface area contributed by atoms with E-state index >= 15 is 0 Å². The summed E-state index contributed by atoms with van der Waals surface area (Å²) in [6.07, 6.45) is 4.75. The normalized spacial score (nSPS) is 21.8. The van der Waals surface area contributed by atoms with Crippen LogP contribution in [-0.4, -0.2) is 79.5 Å². The van der Waals surface area contributed by atoms with Crippen LogP contribution in [-0.2, 0) is 9.59 Å². The number of anilines is 2. The van der Waals surface area contributed by atoms with Crippen LogP contribution < -0.4 is 15.5 Å². The Labute approximate surface area is 173 Å². The Morgan fingerprint density at radius 1 is 1.00 bits per heavy atom. The standard InChI is InChI=1S/C22H33N5O2/c1-17(22(29)24-19-4-5-19)26-14-12-25(13-15-26)16-21(28)23-18-6-8-20(9-7-18)27-10-2-3-11-27/h6-9,17,19H,2-5,10-16H2,1H3,(H,23,28)(H,24,29)/t17-/m0/s1. The lowest BCUT2D eigenvalue weighted by molar-refractivity contribution is -0.127. The Morgan fingerprint density at radius 2 is 1.66 bits per heavy atom. The van der Waals surface area contributed by atoms with Crippen LogP contribution in [0.15, 0.2) is 24.3 Å². The van der Waals surface area contributed by atoms with Gasteiger partial charge in [0.1, 0.15) is 0 Å². The van der Waals surface area contributed by atoms with Gasteiger partial charge in [0.2, 0.25) is 11.8 Å². The lowest BCUT2D eigenvalue weighted by atomic mass is 10.2. The number of piperazine rings is 1. The number of hydrogen-bond acceptors (Lipinski definition) is 5. The van der Waals surface area contributed by atoms with Gasteiger partial charge in [-0.3, -0.25) is 19.4 Å². The number of nitrogens with one attached hydrogen (secondary N) is 2. The Balaban J connectivity index is 1.19. The summed E-state index contributed by atoms with van der Waals surface area (Å²) in [5.74, 6) is 0.156. The first kappa shape index (κ1) is 20.2. The molecule has 3 aliphatic rings. The second-order valence-electron chi connectivity index (χ2n) is 8.56. The maximum absolute atomic E-state index is 12.4. The van der Waals surface area contributed by atoms with E-state index in [9.17, 15) is 9.59 Å². The van der Waals surface area contributed by atoms with E-state index in [1.807, 2.05) is 19.1 Å². The van der Waals surface area contributed by atoms with Gasteiger partial charge in [-0.1, -0.05) is 0 Å². The van der Waals surface area contributed by atoms with Crippen molar-refractivity contribution in [3.63, 3.8) is 0 Å². The minimum absolute atomic E-state index is 0.0203. The Kier molecular flexibility index (Phi) is 6.35. The highest BCUT2D eigenvalue weighted by molar-refractivity contribution is 5.92. The van der Waals surface area contributed by atoms with Gasteiger partial charge in [-0.15, -0.1) is 0 Å². The first-order valence-electron chi connectivity index (χ1n) is 11.0. The molecular formula is C22H33N5O2. The summed E-state index contributed by atoms with van der Waals surface area (Å²) in [4.78, 5) is 31.4. The van der Waals surface area contributed by atoms with Crippen LogP contribution in [0.25, 0.3) is 0 Å². The molecule has 3 fully saturated rings. The zero-order valence-electron chi connectivity index (χ0n) is 17.4. The zero-order valence-corrected chi connectivity index (χ0v) is 17.4. The summed E-state index contributed by atoms with van der Waals surface area (Å²) in [5.41, 5.74) is 2.08. The molecule has 1 aromatic rings. The third kappa shape index (κ3) is 5.48. The zero-order chi connectivity index (χ0) is 20.2. The molecule has 158 valence electrons. The molecule has 0 spiro atoms. The molecule has 2 N–H and O–H groups in total. The lowest BCUT2D eigenvalue weighted by Crippen LogP contribution is -2.55. The van der Waals surface area contributed by atoms with Crippen molar-refractivity contribution in [2.24, 2.45) is 0 Å². The molecule has 29 heavy (non-hydrogen) atoms. The number of carbonyl (C=O) groups excluding carboxylic acids is 2. The highest BCUT2D eigenvalue weighted by Gasteiger charge is 2.30. The third-order valence-electron chi connectivity index (χ3n) is 6.25. The molecule has 1 saturated carbocycles. The van der Waals surface area contributed by atoms with E-state index < -0.39 is 0 Å². The molecule has 0 aromatic heterocycles. The maximum atomic E-state index is 12.4. The average Bonchev–Trinajstić information content (AvgIpc) is 3.37. The number of rotatable bonds is 7. The van der Waals surface area contributed by atoms with Crippen molar-refractivity contribution in [2.45, 2.75) is 44.7 Å². The van der Waals surface area contributed by atoms with E-state index in [1.54, 1.807) is 0 Å². The average molecular weight is 400 g/mol. The number of nitrogens with zero attached hydrogens (tertiary/aromatic N) is 3. The first-order chi connectivity index (χ1) is 14.1. The second-order valence-corrected chi connectivity index (χ2v) is 8.56. The summed E-state index contributed by atoms with van der Waals surface area (Å²) in [7, 11) is 0. The van der Waals surface area contributed by atoms with E-state index in [0.29, 0.717) is 12.6 Å². The van der Waals surface area contributed by atoms with E-state index in [1.165, 1.54) is 18.5 Å². The molecule has 2 amide bonds. The highest BCUT2D eigenvalue weighted by Crippen LogP contribution is 2.22. The molecule has 1 aliphatic carbocycles. The lowest BCUT2D eigenvalue weighted by Gasteiger charge is -2.37. The molecule has 2 saturated heterocycles. The number of benzene rings is 1. The molecule has 0 radical (unpaired) electrons. The van der Waals surface area contributed by atoms with E-state index in [2.05, 4.69) is 37.5 Å². The monoisotopic (exact) mass is 399 g/mol. The predicted octanol–water partition coefficient (Wildman–Crippen LogP) is 1.51. The fraction of sp³-hybridized carbons (Fsp3) is 0.636. The Bertz CT molecular complexity index is 704. The van der Waals surface area contributed by atoms with Crippen molar-refractivity contribution >= 4 is 23.2 Å². The van der Waals surface area contributed by atoms with Gasteiger partial charge >= 0.3 is 0 Å². The van der Waals surface area contributed by atoms with Gasteiger partial charge in [0.15, 0.2) is 0 Å². The Hall–Kier alpha value is -2.12. The maximum Gasteiger partial charge on any atom is 0.238 e. The van der Waals surface area contributed by atoms with Crippen molar-refractivity contribution in [2.75, 3.05) is 56.0 Å².